The molecule has 0 saturated heterocycles. The van der Waals surface area contributed by atoms with E-state index in [9.17, 15) is 4.79 Å². The van der Waals surface area contributed by atoms with Crippen molar-refractivity contribution in [2.45, 2.75) is 13.2 Å². The van der Waals surface area contributed by atoms with Crippen molar-refractivity contribution in [3.63, 3.8) is 0 Å². The largest absolute Gasteiger partial charge is 0.493 e. The Bertz CT molecular complexity index is 937. The number of rotatable bonds is 6. The molecule has 2 aromatic carbocycles. The van der Waals surface area contributed by atoms with Crippen LogP contribution in [-0.2, 0) is 13.2 Å². The highest BCUT2D eigenvalue weighted by Gasteiger charge is 2.12. The Hall–Kier alpha value is -2.86. The van der Waals surface area contributed by atoms with Crippen LogP contribution in [0.25, 0.3) is 10.8 Å². The first-order valence-electron chi connectivity index (χ1n) is 7.97. The van der Waals surface area contributed by atoms with Gasteiger partial charge in [-0.25, -0.2) is 4.68 Å². The molecule has 1 aromatic heterocycles. The summed E-state index contributed by atoms with van der Waals surface area (Å²) in [6, 6.07) is 13.2. The third-order valence-electron chi connectivity index (χ3n) is 4.06. The fraction of sp³-hybridized carbons (Fsp3) is 0.263. The van der Waals surface area contributed by atoms with Crippen LogP contribution in [0.15, 0.2) is 53.5 Å². The van der Waals surface area contributed by atoms with Gasteiger partial charge in [0.15, 0.2) is 11.5 Å². The maximum atomic E-state index is 12.6. The van der Waals surface area contributed by atoms with Gasteiger partial charge in [0.05, 0.1) is 32.5 Å². The molecule has 0 bridgehead atoms. The molecule has 0 aliphatic carbocycles. The number of nitrogens with zero attached hydrogens (tertiary/aromatic N) is 3. The van der Waals surface area contributed by atoms with Crippen LogP contribution in [0.4, 0.5) is 0 Å². The van der Waals surface area contributed by atoms with Crippen molar-refractivity contribution in [2.75, 3.05) is 21.3 Å². The van der Waals surface area contributed by atoms with E-state index in [1.165, 1.54) is 4.68 Å². The van der Waals surface area contributed by atoms with Crippen LogP contribution in [0.5, 0.6) is 11.5 Å². The van der Waals surface area contributed by atoms with E-state index in [1.807, 2.05) is 54.4 Å². The molecule has 0 fully saturated rings. The molecule has 0 N–H and O–H groups in total. The molecular formula is C19H21N3O3. The molecule has 6 nitrogen and oxygen atoms in total. The standard InChI is InChI=1S/C19H21N3O3/c1-21(12-15-8-6-10-17(24-2)18(15)25-3)13-22-19(23)16-9-5-4-7-14(16)11-20-22/h4-11H,12-13H2,1-3H3. The first-order chi connectivity index (χ1) is 12.1. The fourth-order valence-electron chi connectivity index (χ4n) is 2.88. The summed E-state index contributed by atoms with van der Waals surface area (Å²) in [6.45, 7) is 0.978. The molecule has 0 unspecified atom stereocenters. The van der Waals surface area contributed by atoms with Crippen molar-refractivity contribution in [3.8, 4) is 11.5 Å². The van der Waals surface area contributed by atoms with E-state index in [-0.39, 0.29) is 5.56 Å². The number of ether oxygens (including phenoxy) is 2. The third-order valence-corrected chi connectivity index (χ3v) is 4.06. The summed E-state index contributed by atoms with van der Waals surface area (Å²) in [4.78, 5) is 14.6. The van der Waals surface area contributed by atoms with Gasteiger partial charge in [-0.05, 0) is 19.2 Å². The van der Waals surface area contributed by atoms with Gasteiger partial charge in [0, 0.05) is 17.5 Å². The SMILES string of the molecule is COc1cccc(CN(C)Cn2ncc3ccccc3c2=O)c1OC. The Morgan fingerprint density at radius 2 is 1.88 bits per heavy atom. The number of aromatic nitrogens is 2. The third kappa shape index (κ3) is 3.49. The fourth-order valence-corrected chi connectivity index (χ4v) is 2.88. The number of benzene rings is 2. The van der Waals surface area contributed by atoms with Crippen LogP contribution in [-0.4, -0.2) is 35.9 Å². The second-order valence-electron chi connectivity index (χ2n) is 5.84. The molecule has 130 valence electrons. The molecule has 25 heavy (non-hydrogen) atoms. The molecule has 0 amide bonds. The van der Waals surface area contributed by atoms with Gasteiger partial charge in [-0.3, -0.25) is 9.69 Å². The average Bonchev–Trinajstić information content (AvgIpc) is 2.64. The minimum atomic E-state index is -0.0949. The smallest absolute Gasteiger partial charge is 0.275 e. The Balaban J connectivity index is 1.83. The number of hydrogen-bond donors (Lipinski definition) is 0. The lowest BCUT2D eigenvalue weighted by Gasteiger charge is -2.20. The summed E-state index contributed by atoms with van der Waals surface area (Å²) >= 11 is 0. The molecule has 3 aromatic rings. The van der Waals surface area contributed by atoms with Crippen LogP contribution in [0.2, 0.25) is 0 Å². The molecule has 3 rings (SSSR count). The van der Waals surface area contributed by atoms with Gasteiger partial charge in [-0.15, -0.1) is 0 Å². The molecule has 0 saturated carbocycles. The zero-order chi connectivity index (χ0) is 17.8. The summed E-state index contributed by atoms with van der Waals surface area (Å²) in [5.41, 5.74) is 0.890. The van der Waals surface area contributed by atoms with E-state index < -0.39 is 0 Å². The first kappa shape index (κ1) is 17.0. The number of methoxy groups -OCH3 is 2. The Labute approximate surface area is 146 Å². The summed E-state index contributed by atoms with van der Waals surface area (Å²) in [5.74, 6) is 1.39. The molecular weight excluding hydrogens is 318 g/mol. The van der Waals surface area contributed by atoms with Crippen molar-refractivity contribution in [1.29, 1.82) is 0 Å². The minimum Gasteiger partial charge on any atom is -0.493 e. The van der Waals surface area contributed by atoms with Gasteiger partial charge >= 0.3 is 0 Å². The van der Waals surface area contributed by atoms with E-state index in [1.54, 1.807) is 20.4 Å². The molecule has 1 heterocycles. The molecule has 0 spiro atoms. The van der Waals surface area contributed by atoms with E-state index in [0.29, 0.717) is 30.1 Å². The maximum Gasteiger partial charge on any atom is 0.275 e. The van der Waals surface area contributed by atoms with Crippen LogP contribution < -0.4 is 15.0 Å². The topological polar surface area (TPSA) is 56.6 Å². The summed E-state index contributed by atoms with van der Waals surface area (Å²) in [6.07, 6.45) is 1.72. The van der Waals surface area contributed by atoms with Crippen LogP contribution in [0.3, 0.4) is 0 Å². The molecule has 0 radical (unpaired) electrons. The second-order valence-corrected chi connectivity index (χ2v) is 5.84. The lowest BCUT2D eigenvalue weighted by Crippen LogP contribution is -2.31. The minimum absolute atomic E-state index is 0.0949. The normalized spacial score (nSPS) is 11.0. The number of para-hydroxylation sites is 1. The van der Waals surface area contributed by atoms with E-state index in [4.69, 9.17) is 9.47 Å². The second kappa shape index (κ2) is 7.36. The van der Waals surface area contributed by atoms with E-state index >= 15 is 0 Å². The van der Waals surface area contributed by atoms with Gasteiger partial charge in [0.25, 0.3) is 5.56 Å². The lowest BCUT2D eigenvalue weighted by atomic mass is 10.1. The van der Waals surface area contributed by atoms with Gasteiger partial charge in [0.2, 0.25) is 0 Å². The summed E-state index contributed by atoms with van der Waals surface area (Å²) in [7, 11) is 5.17. The monoisotopic (exact) mass is 339 g/mol. The lowest BCUT2D eigenvalue weighted by molar-refractivity contribution is 0.236. The molecule has 0 aliphatic heterocycles. The van der Waals surface area contributed by atoms with Crippen molar-refractivity contribution in [2.24, 2.45) is 0 Å². The molecule has 0 aliphatic rings. The molecule has 6 heteroatoms. The highest BCUT2D eigenvalue weighted by Crippen LogP contribution is 2.31. The van der Waals surface area contributed by atoms with Gasteiger partial charge in [0.1, 0.15) is 0 Å². The number of hydrogen-bond acceptors (Lipinski definition) is 5. The predicted molar refractivity (Wildman–Crippen MR) is 97.0 cm³/mol. The van der Waals surface area contributed by atoms with E-state index in [2.05, 4.69) is 5.10 Å². The van der Waals surface area contributed by atoms with Gasteiger partial charge < -0.3 is 9.47 Å². The average molecular weight is 339 g/mol. The highest BCUT2D eigenvalue weighted by molar-refractivity contribution is 5.80. The molecule has 0 atom stereocenters. The van der Waals surface area contributed by atoms with Crippen molar-refractivity contribution >= 4 is 10.8 Å². The Morgan fingerprint density at radius 3 is 2.64 bits per heavy atom. The summed E-state index contributed by atoms with van der Waals surface area (Å²) < 4.78 is 12.3. The van der Waals surface area contributed by atoms with Gasteiger partial charge in [-0.1, -0.05) is 30.3 Å². The zero-order valence-electron chi connectivity index (χ0n) is 14.6. The van der Waals surface area contributed by atoms with Crippen molar-refractivity contribution in [3.05, 3.63) is 64.6 Å². The maximum absolute atomic E-state index is 12.6. The number of fused-ring (bicyclic) bond motifs is 1. The zero-order valence-corrected chi connectivity index (χ0v) is 14.6. The van der Waals surface area contributed by atoms with Gasteiger partial charge in [-0.2, -0.15) is 5.10 Å². The van der Waals surface area contributed by atoms with E-state index in [0.717, 1.165) is 10.9 Å². The quantitative estimate of drug-likeness (QED) is 0.691. The Kier molecular flexibility index (Phi) is 5.00. The first-order valence-corrected chi connectivity index (χ1v) is 7.97. The van der Waals surface area contributed by atoms with Crippen LogP contribution >= 0.6 is 0 Å². The Morgan fingerprint density at radius 1 is 1.08 bits per heavy atom. The summed E-state index contributed by atoms with van der Waals surface area (Å²) in [5, 5.41) is 5.79. The van der Waals surface area contributed by atoms with Crippen molar-refractivity contribution in [1.82, 2.24) is 14.7 Å². The predicted octanol–water partition coefficient (Wildman–Crippen LogP) is 2.50. The van der Waals surface area contributed by atoms with Crippen LogP contribution in [0.1, 0.15) is 5.56 Å². The van der Waals surface area contributed by atoms with Crippen LogP contribution in [0, 0.1) is 0 Å². The highest BCUT2D eigenvalue weighted by atomic mass is 16.5. The van der Waals surface area contributed by atoms with Crippen molar-refractivity contribution < 1.29 is 9.47 Å².